The van der Waals surface area contributed by atoms with Crippen molar-refractivity contribution >= 4 is 17.0 Å². The molecule has 0 N–H and O–H groups in total. The summed E-state index contributed by atoms with van der Waals surface area (Å²) in [6, 6.07) is 0. The molecule has 0 fully saturated rings. The number of carbonyl (C=O) groups excluding carboxylic acids is 1. The highest BCUT2D eigenvalue weighted by atomic mass is 35.5. The fraction of sp³-hybridized carbons (Fsp3) is 0.857. The van der Waals surface area contributed by atoms with Crippen molar-refractivity contribution in [2.75, 3.05) is 0 Å². The molecule has 60 valence electrons. The molecule has 0 saturated heterocycles. The van der Waals surface area contributed by atoms with Gasteiger partial charge in [0.15, 0.2) is 0 Å². The summed E-state index contributed by atoms with van der Waals surface area (Å²) in [6.07, 6.45) is 0.795. The highest BCUT2D eigenvalue weighted by Gasteiger charge is 2.07. The standard InChI is InChI=1S/C7H13ClO2/c1-5(2)4-6(3)10-7(8)9/h5-6H,4H2,1-3H3/t6-/m1/s1. The van der Waals surface area contributed by atoms with Gasteiger partial charge in [-0.1, -0.05) is 13.8 Å². The number of ether oxygens (including phenoxy) is 1. The van der Waals surface area contributed by atoms with E-state index in [0.717, 1.165) is 6.42 Å². The zero-order valence-electron chi connectivity index (χ0n) is 6.56. The fourth-order valence-corrected chi connectivity index (χ4v) is 1.02. The Bertz CT molecular complexity index is 112. The third-order valence-electron chi connectivity index (χ3n) is 1.10. The van der Waals surface area contributed by atoms with E-state index < -0.39 is 5.43 Å². The summed E-state index contributed by atoms with van der Waals surface area (Å²) in [4.78, 5) is 10.2. The highest BCUT2D eigenvalue weighted by Crippen LogP contribution is 2.08. The van der Waals surface area contributed by atoms with E-state index >= 15 is 0 Å². The maximum Gasteiger partial charge on any atom is 0.404 e. The molecule has 0 aromatic carbocycles. The van der Waals surface area contributed by atoms with Gasteiger partial charge in [0.05, 0.1) is 0 Å². The van der Waals surface area contributed by atoms with Gasteiger partial charge in [-0.25, -0.2) is 4.79 Å². The van der Waals surface area contributed by atoms with Crippen molar-refractivity contribution in [3.63, 3.8) is 0 Å². The first-order valence-corrected chi connectivity index (χ1v) is 3.76. The van der Waals surface area contributed by atoms with Crippen molar-refractivity contribution in [2.24, 2.45) is 5.92 Å². The molecule has 0 aromatic heterocycles. The Labute approximate surface area is 66.5 Å². The lowest BCUT2D eigenvalue weighted by molar-refractivity contribution is 0.118. The predicted molar refractivity (Wildman–Crippen MR) is 41.3 cm³/mol. The molecule has 10 heavy (non-hydrogen) atoms. The van der Waals surface area contributed by atoms with Crippen LogP contribution in [0, 0.1) is 5.92 Å². The van der Waals surface area contributed by atoms with Crippen molar-refractivity contribution in [1.29, 1.82) is 0 Å². The number of carbonyl (C=O) groups is 1. The van der Waals surface area contributed by atoms with Crippen LogP contribution >= 0.6 is 11.6 Å². The van der Waals surface area contributed by atoms with E-state index in [1.165, 1.54) is 0 Å². The largest absolute Gasteiger partial charge is 0.451 e. The summed E-state index contributed by atoms with van der Waals surface area (Å²) in [5.41, 5.74) is -0.715. The Hall–Kier alpha value is -0.240. The number of hydrogen-bond donors (Lipinski definition) is 0. The molecule has 0 spiro atoms. The van der Waals surface area contributed by atoms with Gasteiger partial charge >= 0.3 is 5.43 Å². The zero-order chi connectivity index (χ0) is 8.15. The summed E-state index contributed by atoms with van der Waals surface area (Å²) >= 11 is 4.99. The third kappa shape index (κ3) is 5.89. The first kappa shape index (κ1) is 9.76. The van der Waals surface area contributed by atoms with Gasteiger partial charge in [0, 0.05) is 11.6 Å². The average Bonchev–Trinajstić information content (AvgIpc) is 1.58. The highest BCUT2D eigenvalue weighted by molar-refractivity contribution is 6.61. The van der Waals surface area contributed by atoms with Gasteiger partial charge in [-0.2, -0.15) is 0 Å². The molecule has 0 radical (unpaired) electrons. The van der Waals surface area contributed by atoms with Gasteiger partial charge < -0.3 is 4.74 Å². The topological polar surface area (TPSA) is 26.3 Å². The molecule has 2 nitrogen and oxygen atoms in total. The Balaban J connectivity index is 3.43. The average molecular weight is 165 g/mol. The normalized spacial score (nSPS) is 13.3. The summed E-state index contributed by atoms with van der Waals surface area (Å²) in [5.74, 6) is 0.533. The van der Waals surface area contributed by atoms with Crippen LogP contribution in [-0.2, 0) is 4.74 Å². The Morgan fingerprint density at radius 1 is 1.50 bits per heavy atom. The van der Waals surface area contributed by atoms with Crippen molar-refractivity contribution in [3.05, 3.63) is 0 Å². The third-order valence-corrected chi connectivity index (χ3v) is 1.19. The molecule has 0 saturated carbocycles. The van der Waals surface area contributed by atoms with E-state index in [9.17, 15) is 4.79 Å². The number of halogens is 1. The fourth-order valence-electron chi connectivity index (χ4n) is 0.870. The summed E-state index contributed by atoms with van der Waals surface area (Å²) in [5, 5.41) is 0. The Morgan fingerprint density at radius 2 is 2.00 bits per heavy atom. The molecule has 0 aliphatic carbocycles. The second-order valence-corrected chi connectivity index (χ2v) is 3.10. The van der Waals surface area contributed by atoms with E-state index in [-0.39, 0.29) is 6.10 Å². The first-order chi connectivity index (χ1) is 4.52. The molecular formula is C7H13ClO2. The van der Waals surface area contributed by atoms with Crippen LogP contribution in [0.15, 0.2) is 0 Å². The molecule has 1 atom stereocenters. The molecule has 0 aliphatic rings. The van der Waals surface area contributed by atoms with Crippen molar-refractivity contribution in [3.8, 4) is 0 Å². The van der Waals surface area contributed by atoms with Crippen molar-refractivity contribution in [1.82, 2.24) is 0 Å². The quantitative estimate of drug-likeness (QED) is 0.600. The maximum atomic E-state index is 10.2. The molecule has 0 aliphatic heterocycles. The molecule has 0 amide bonds. The van der Waals surface area contributed by atoms with Crippen LogP contribution in [0.1, 0.15) is 27.2 Å². The van der Waals surface area contributed by atoms with Gasteiger partial charge in [0.1, 0.15) is 6.10 Å². The summed E-state index contributed by atoms with van der Waals surface area (Å²) < 4.78 is 4.69. The van der Waals surface area contributed by atoms with E-state index in [0.29, 0.717) is 5.92 Å². The minimum atomic E-state index is -0.715. The van der Waals surface area contributed by atoms with Gasteiger partial charge in [-0.05, 0) is 19.3 Å². The van der Waals surface area contributed by atoms with Crippen LogP contribution in [-0.4, -0.2) is 11.5 Å². The minimum Gasteiger partial charge on any atom is -0.451 e. The lowest BCUT2D eigenvalue weighted by Crippen LogP contribution is -2.12. The second kappa shape index (κ2) is 4.56. The van der Waals surface area contributed by atoms with Gasteiger partial charge in [0.25, 0.3) is 0 Å². The van der Waals surface area contributed by atoms with Crippen LogP contribution in [0.25, 0.3) is 0 Å². The molecule has 0 heterocycles. The minimum absolute atomic E-state index is 0.0648. The first-order valence-electron chi connectivity index (χ1n) is 3.38. The van der Waals surface area contributed by atoms with Crippen LogP contribution in [0.2, 0.25) is 0 Å². The van der Waals surface area contributed by atoms with Crippen LogP contribution in [0.3, 0.4) is 0 Å². The molecule has 0 aromatic rings. The van der Waals surface area contributed by atoms with Crippen LogP contribution in [0.4, 0.5) is 4.79 Å². The molecule has 0 rings (SSSR count). The Kier molecular flexibility index (Phi) is 4.45. The second-order valence-electron chi connectivity index (χ2n) is 2.80. The SMILES string of the molecule is CC(C)C[C@@H](C)OC(=O)Cl. The maximum absolute atomic E-state index is 10.2. The Morgan fingerprint density at radius 3 is 2.30 bits per heavy atom. The summed E-state index contributed by atoms with van der Waals surface area (Å²) in [7, 11) is 0. The van der Waals surface area contributed by atoms with Crippen LogP contribution < -0.4 is 0 Å². The summed E-state index contributed by atoms with van der Waals surface area (Å²) in [6.45, 7) is 5.97. The van der Waals surface area contributed by atoms with Gasteiger partial charge in [-0.15, -0.1) is 0 Å². The van der Waals surface area contributed by atoms with E-state index in [1.54, 1.807) is 0 Å². The lowest BCUT2D eigenvalue weighted by atomic mass is 10.1. The van der Waals surface area contributed by atoms with E-state index in [2.05, 4.69) is 18.6 Å². The van der Waals surface area contributed by atoms with Gasteiger partial charge in [-0.3, -0.25) is 0 Å². The predicted octanol–water partition coefficient (Wildman–Crippen LogP) is 2.80. The van der Waals surface area contributed by atoms with Crippen molar-refractivity contribution < 1.29 is 9.53 Å². The number of rotatable bonds is 3. The number of hydrogen-bond acceptors (Lipinski definition) is 2. The molecule has 3 heteroatoms. The molecule has 0 unspecified atom stereocenters. The van der Waals surface area contributed by atoms with E-state index in [4.69, 9.17) is 11.6 Å². The smallest absolute Gasteiger partial charge is 0.404 e. The van der Waals surface area contributed by atoms with Crippen molar-refractivity contribution in [2.45, 2.75) is 33.3 Å². The molecule has 0 bridgehead atoms. The monoisotopic (exact) mass is 164 g/mol. The zero-order valence-corrected chi connectivity index (χ0v) is 7.31. The van der Waals surface area contributed by atoms with E-state index in [1.807, 2.05) is 6.92 Å². The molecular weight excluding hydrogens is 152 g/mol. The van der Waals surface area contributed by atoms with Gasteiger partial charge in [0.2, 0.25) is 0 Å². The lowest BCUT2D eigenvalue weighted by Gasteiger charge is -2.12. The van der Waals surface area contributed by atoms with Crippen LogP contribution in [0.5, 0.6) is 0 Å².